The summed E-state index contributed by atoms with van der Waals surface area (Å²) >= 11 is 0. The van der Waals surface area contributed by atoms with Gasteiger partial charge in [0.15, 0.2) is 5.69 Å². The van der Waals surface area contributed by atoms with Crippen LogP contribution < -0.4 is 15.5 Å². The van der Waals surface area contributed by atoms with Crippen molar-refractivity contribution >= 4 is 23.0 Å². The molecule has 5 rings (SSSR count). The predicted molar refractivity (Wildman–Crippen MR) is 132 cm³/mol. The van der Waals surface area contributed by atoms with Gasteiger partial charge in [-0.05, 0) is 49.9 Å². The first-order chi connectivity index (χ1) is 17.5. The van der Waals surface area contributed by atoms with Gasteiger partial charge in [0.05, 0.1) is 42.7 Å². The Morgan fingerprint density at radius 3 is 2.67 bits per heavy atom. The summed E-state index contributed by atoms with van der Waals surface area (Å²) in [7, 11) is 0. The van der Waals surface area contributed by atoms with Crippen LogP contribution >= 0.6 is 0 Å². The summed E-state index contributed by atoms with van der Waals surface area (Å²) in [5.41, 5.74) is 3.69. The number of hydrogen-bond acceptors (Lipinski definition) is 8. The van der Waals surface area contributed by atoms with E-state index >= 15 is 0 Å². The molecule has 0 unspecified atom stereocenters. The quantitative estimate of drug-likeness (QED) is 0.516. The van der Waals surface area contributed by atoms with Gasteiger partial charge in [0.25, 0.3) is 5.91 Å². The van der Waals surface area contributed by atoms with E-state index in [-0.39, 0.29) is 17.4 Å². The summed E-state index contributed by atoms with van der Waals surface area (Å²) in [6.07, 6.45) is 5.15. The van der Waals surface area contributed by atoms with Crippen molar-refractivity contribution in [3.63, 3.8) is 0 Å². The van der Waals surface area contributed by atoms with E-state index in [0.29, 0.717) is 48.4 Å². The molecule has 0 saturated carbocycles. The van der Waals surface area contributed by atoms with E-state index in [0.717, 1.165) is 44.8 Å². The SMILES string of the molecule is Cc1ncc(Nc2cc(F)cc(N3CCOCC3)c2)cc1-n1cc(C(=O)NCC2CCOCC2)nn1. The van der Waals surface area contributed by atoms with E-state index in [1.807, 2.05) is 19.1 Å². The van der Waals surface area contributed by atoms with Gasteiger partial charge >= 0.3 is 0 Å². The van der Waals surface area contributed by atoms with Crippen LogP contribution in [0.1, 0.15) is 29.0 Å². The van der Waals surface area contributed by atoms with Crippen molar-refractivity contribution in [2.45, 2.75) is 19.8 Å². The lowest BCUT2D eigenvalue weighted by Gasteiger charge is -2.29. The molecule has 0 radical (unpaired) electrons. The molecule has 4 heterocycles. The van der Waals surface area contributed by atoms with Gasteiger partial charge in [-0.1, -0.05) is 5.21 Å². The first-order valence-corrected chi connectivity index (χ1v) is 12.2. The number of aromatic nitrogens is 4. The zero-order valence-corrected chi connectivity index (χ0v) is 20.2. The number of nitrogens with zero attached hydrogens (tertiary/aromatic N) is 5. The Labute approximate surface area is 208 Å². The fourth-order valence-electron chi connectivity index (χ4n) is 4.40. The molecule has 0 spiro atoms. The molecule has 2 aromatic heterocycles. The van der Waals surface area contributed by atoms with Crippen molar-refractivity contribution in [3.05, 3.63) is 53.9 Å². The number of morpholine rings is 1. The molecular weight excluding hydrogens is 465 g/mol. The molecule has 2 aliphatic rings. The fraction of sp³-hybridized carbons (Fsp3) is 0.440. The molecule has 0 aliphatic carbocycles. The van der Waals surface area contributed by atoms with Crippen LogP contribution in [-0.2, 0) is 9.47 Å². The van der Waals surface area contributed by atoms with Crippen LogP contribution in [0.5, 0.6) is 0 Å². The van der Waals surface area contributed by atoms with Crippen LogP contribution in [0, 0.1) is 18.7 Å². The van der Waals surface area contributed by atoms with Crippen LogP contribution in [0.2, 0.25) is 0 Å². The van der Waals surface area contributed by atoms with Crippen LogP contribution in [-0.4, -0.2) is 71.9 Å². The van der Waals surface area contributed by atoms with Gasteiger partial charge in [0, 0.05) is 44.2 Å². The Bertz CT molecular complexity index is 1210. The van der Waals surface area contributed by atoms with Crippen LogP contribution in [0.3, 0.4) is 0 Å². The van der Waals surface area contributed by atoms with Crippen molar-refractivity contribution in [1.82, 2.24) is 25.3 Å². The lowest BCUT2D eigenvalue weighted by Crippen LogP contribution is -2.36. The Hall–Kier alpha value is -3.57. The van der Waals surface area contributed by atoms with Crippen LogP contribution in [0.4, 0.5) is 21.5 Å². The van der Waals surface area contributed by atoms with Gasteiger partial charge in [0.2, 0.25) is 0 Å². The second-order valence-electron chi connectivity index (χ2n) is 9.07. The minimum absolute atomic E-state index is 0.236. The third-order valence-electron chi connectivity index (χ3n) is 6.47. The zero-order chi connectivity index (χ0) is 24.9. The molecule has 0 bridgehead atoms. The predicted octanol–water partition coefficient (Wildman–Crippen LogP) is 2.85. The van der Waals surface area contributed by atoms with E-state index in [4.69, 9.17) is 9.47 Å². The molecule has 10 nitrogen and oxygen atoms in total. The van der Waals surface area contributed by atoms with Crippen molar-refractivity contribution in [3.8, 4) is 5.69 Å². The summed E-state index contributed by atoms with van der Waals surface area (Å²) in [6, 6.07) is 6.73. The highest BCUT2D eigenvalue weighted by Crippen LogP contribution is 2.26. The van der Waals surface area contributed by atoms with E-state index < -0.39 is 0 Å². The molecule has 2 fully saturated rings. The molecular formula is C25H30FN7O3. The molecule has 190 valence electrons. The smallest absolute Gasteiger partial charge is 0.273 e. The van der Waals surface area contributed by atoms with E-state index in [1.165, 1.54) is 16.8 Å². The van der Waals surface area contributed by atoms with E-state index in [1.54, 1.807) is 12.4 Å². The largest absolute Gasteiger partial charge is 0.381 e. The topological polar surface area (TPSA) is 106 Å². The Balaban J connectivity index is 1.29. The number of amides is 1. The number of carbonyl (C=O) groups is 1. The van der Waals surface area contributed by atoms with Gasteiger partial charge in [-0.25, -0.2) is 9.07 Å². The maximum absolute atomic E-state index is 14.4. The summed E-state index contributed by atoms with van der Waals surface area (Å²) in [6.45, 7) is 6.59. The Morgan fingerprint density at radius 2 is 1.86 bits per heavy atom. The molecule has 2 N–H and O–H groups in total. The molecule has 0 atom stereocenters. The van der Waals surface area contributed by atoms with Gasteiger partial charge in [-0.15, -0.1) is 5.10 Å². The number of rotatable bonds is 7. The van der Waals surface area contributed by atoms with Gasteiger partial charge in [-0.2, -0.15) is 0 Å². The number of pyridine rings is 1. The van der Waals surface area contributed by atoms with Crippen molar-refractivity contribution < 1.29 is 18.7 Å². The molecule has 2 saturated heterocycles. The standard InChI is InChI=1S/C25H30FN7O3/c1-17-24(33-16-23(30-31-33)25(34)28-14-18-2-6-35-7-3-18)13-21(15-27-17)29-20-10-19(26)11-22(12-20)32-4-8-36-9-5-32/h10-13,15-16,18,29H,2-9,14H2,1H3,(H,28,34). The first kappa shape index (κ1) is 24.1. The van der Waals surface area contributed by atoms with E-state index in [9.17, 15) is 9.18 Å². The second-order valence-corrected chi connectivity index (χ2v) is 9.07. The normalized spacial score (nSPS) is 16.7. The molecule has 36 heavy (non-hydrogen) atoms. The third-order valence-corrected chi connectivity index (χ3v) is 6.47. The first-order valence-electron chi connectivity index (χ1n) is 12.2. The highest BCUT2D eigenvalue weighted by Gasteiger charge is 2.18. The fourth-order valence-corrected chi connectivity index (χ4v) is 4.40. The number of carbonyl (C=O) groups excluding carboxylic acids is 1. The zero-order valence-electron chi connectivity index (χ0n) is 20.2. The number of hydrogen-bond donors (Lipinski definition) is 2. The highest BCUT2D eigenvalue weighted by molar-refractivity contribution is 5.91. The molecule has 1 amide bonds. The summed E-state index contributed by atoms with van der Waals surface area (Å²) in [4.78, 5) is 19.1. The lowest BCUT2D eigenvalue weighted by atomic mass is 10.0. The summed E-state index contributed by atoms with van der Waals surface area (Å²) in [5.74, 6) is -0.170. The number of halogens is 1. The van der Waals surface area contributed by atoms with E-state index in [2.05, 4.69) is 30.8 Å². The van der Waals surface area contributed by atoms with Crippen molar-refractivity contribution in [2.75, 3.05) is 56.3 Å². The van der Waals surface area contributed by atoms with Crippen molar-refractivity contribution in [2.24, 2.45) is 5.92 Å². The van der Waals surface area contributed by atoms with Crippen LogP contribution in [0.25, 0.3) is 5.69 Å². The minimum Gasteiger partial charge on any atom is -0.381 e. The average molecular weight is 496 g/mol. The molecule has 11 heteroatoms. The Morgan fingerprint density at radius 1 is 1.08 bits per heavy atom. The third kappa shape index (κ3) is 5.80. The van der Waals surface area contributed by atoms with Crippen LogP contribution in [0.15, 0.2) is 36.7 Å². The van der Waals surface area contributed by atoms with Gasteiger partial charge in [0.1, 0.15) is 5.82 Å². The molecule has 1 aromatic carbocycles. The lowest BCUT2D eigenvalue weighted by molar-refractivity contribution is 0.0642. The number of ether oxygens (including phenoxy) is 2. The number of benzene rings is 1. The highest BCUT2D eigenvalue weighted by atomic mass is 19.1. The number of aryl methyl sites for hydroxylation is 1. The molecule has 2 aliphatic heterocycles. The average Bonchev–Trinajstić information content (AvgIpc) is 3.39. The minimum atomic E-state index is -0.325. The summed E-state index contributed by atoms with van der Waals surface area (Å²) in [5, 5.41) is 14.4. The molecule has 3 aromatic rings. The van der Waals surface area contributed by atoms with Gasteiger partial charge in [-0.3, -0.25) is 9.78 Å². The maximum atomic E-state index is 14.4. The maximum Gasteiger partial charge on any atom is 0.273 e. The van der Waals surface area contributed by atoms with Crippen molar-refractivity contribution in [1.29, 1.82) is 0 Å². The summed E-state index contributed by atoms with van der Waals surface area (Å²) < 4.78 is 26.7. The monoisotopic (exact) mass is 495 g/mol. The number of anilines is 3. The number of nitrogens with one attached hydrogen (secondary N) is 2. The Kier molecular flexibility index (Phi) is 7.38. The van der Waals surface area contributed by atoms with Gasteiger partial charge < -0.3 is 25.0 Å². The second kappa shape index (κ2) is 11.0.